The molecule has 2 aromatic carbocycles. The molecule has 1 unspecified atom stereocenters. The van der Waals surface area contributed by atoms with Crippen LogP contribution in [-0.4, -0.2) is 70.8 Å². The molecule has 20 heteroatoms. The number of ether oxygens (including phenoxy) is 1. The van der Waals surface area contributed by atoms with Crippen molar-refractivity contribution < 1.29 is 90.4 Å². The number of carbonyl (C=O) groups excluding carboxylic acids is 1. The number of aliphatic hydroxyl groups is 1. The van der Waals surface area contributed by atoms with Gasteiger partial charge in [-0.25, -0.2) is 4.79 Å². The fraction of sp³-hybridized carbons (Fsp3) is 0.391. The third-order valence-electron chi connectivity index (χ3n) is 5.31. The van der Waals surface area contributed by atoms with Crippen LogP contribution in [-0.2, 0) is 4.79 Å². The summed E-state index contributed by atoms with van der Waals surface area (Å²) in [7, 11) is 1.55. The first kappa shape index (κ1) is 37.3. The van der Waals surface area contributed by atoms with E-state index in [1.807, 2.05) is 6.07 Å². The largest absolute Gasteiger partial charge is 0.497 e. The third kappa shape index (κ3) is 6.47. The van der Waals surface area contributed by atoms with Crippen LogP contribution in [0.4, 0.5) is 65.9 Å². The number of aliphatic carboxylic acids is 1. The van der Waals surface area contributed by atoms with E-state index >= 15 is 0 Å². The Labute approximate surface area is 229 Å². The first-order chi connectivity index (χ1) is 19.2. The zero-order valence-electron chi connectivity index (χ0n) is 20.6. The van der Waals surface area contributed by atoms with Gasteiger partial charge in [0.15, 0.2) is 5.78 Å². The predicted molar refractivity (Wildman–Crippen MR) is 112 cm³/mol. The van der Waals surface area contributed by atoms with Crippen molar-refractivity contribution in [1.82, 2.24) is 0 Å². The molecule has 2 rings (SSSR count). The lowest BCUT2D eigenvalue weighted by molar-refractivity contribution is -0.450. The molecule has 0 amide bonds. The number of carbonyl (C=O) groups is 2. The molecule has 2 aromatic rings. The summed E-state index contributed by atoms with van der Waals surface area (Å²) in [6.45, 7) is 0. The Bertz CT molecular complexity index is 1280. The van der Waals surface area contributed by atoms with E-state index in [2.05, 4.69) is 0 Å². The molecule has 0 heterocycles. The normalized spacial score (nSPS) is 14.3. The maximum Gasteiger partial charge on any atom is 0.460 e. The number of carboxylic acids is 1. The molecule has 0 aliphatic heterocycles. The SMILES string of the molecule is COc1cccc(C(O)C(=O)c2ccccc2)c1.O=C(O)C(F)(F)C(F)(F)C(F)(F)C(F)(F)C(F)(F)C(F)(F)C(F)(F)F. The highest BCUT2D eigenvalue weighted by atomic mass is 19.4. The maximum absolute atomic E-state index is 12.8. The minimum Gasteiger partial charge on any atom is -0.497 e. The van der Waals surface area contributed by atoms with Gasteiger partial charge in [-0.05, 0) is 17.7 Å². The van der Waals surface area contributed by atoms with Crippen LogP contribution in [0.2, 0.25) is 0 Å². The molecular formula is C23H15F15O5. The molecule has 0 spiro atoms. The number of methoxy groups -OCH3 is 1. The van der Waals surface area contributed by atoms with Crippen LogP contribution in [0.25, 0.3) is 0 Å². The van der Waals surface area contributed by atoms with Gasteiger partial charge in [0.25, 0.3) is 0 Å². The van der Waals surface area contributed by atoms with Gasteiger partial charge in [-0.2, -0.15) is 65.9 Å². The number of alkyl halides is 15. The van der Waals surface area contributed by atoms with Gasteiger partial charge in [0.05, 0.1) is 7.11 Å². The number of hydrogen-bond donors (Lipinski definition) is 2. The van der Waals surface area contributed by atoms with Crippen molar-refractivity contribution in [3.8, 4) is 5.75 Å². The van der Waals surface area contributed by atoms with E-state index in [1.54, 1.807) is 55.6 Å². The van der Waals surface area contributed by atoms with Gasteiger partial charge in [-0.1, -0.05) is 42.5 Å². The highest BCUT2D eigenvalue weighted by molar-refractivity contribution is 5.99. The van der Waals surface area contributed by atoms with Gasteiger partial charge >= 0.3 is 47.7 Å². The number of rotatable bonds is 10. The van der Waals surface area contributed by atoms with E-state index in [0.29, 0.717) is 16.9 Å². The first-order valence-corrected chi connectivity index (χ1v) is 10.6. The Morgan fingerprint density at radius 3 is 1.51 bits per heavy atom. The molecule has 0 bridgehead atoms. The second-order valence-electron chi connectivity index (χ2n) is 8.16. The van der Waals surface area contributed by atoms with Gasteiger partial charge < -0.3 is 14.9 Å². The number of aliphatic hydroxyl groups excluding tert-OH is 1. The van der Waals surface area contributed by atoms with Crippen molar-refractivity contribution in [2.75, 3.05) is 7.11 Å². The summed E-state index contributed by atoms with van der Waals surface area (Å²) < 4.78 is 192. The zero-order valence-corrected chi connectivity index (χ0v) is 20.6. The number of Topliss-reactive ketones (excluding diaryl/α,β-unsaturated/α-hetero) is 1. The van der Waals surface area contributed by atoms with Crippen molar-refractivity contribution in [3.05, 3.63) is 65.7 Å². The third-order valence-corrected chi connectivity index (χ3v) is 5.31. The van der Waals surface area contributed by atoms with E-state index in [0.717, 1.165) is 0 Å². The Balaban J connectivity index is 0.000000450. The summed E-state index contributed by atoms with van der Waals surface area (Å²) in [5.74, 6) is -52.5. The molecule has 0 fully saturated rings. The molecular weight excluding hydrogens is 641 g/mol. The molecule has 242 valence electrons. The molecule has 0 radical (unpaired) electrons. The number of ketones is 1. The van der Waals surface area contributed by atoms with Gasteiger partial charge in [-0.15, -0.1) is 0 Å². The predicted octanol–water partition coefficient (Wildman–Crippen LogP) is 7.06. The van der Waals surface area contributed by atoms with Crippen molar-refractivity contribution in [3.63, 3.8) is 0 Å². The lowest BCUT2D eigenvalue weighted by Gasteiger charge is -2.40. The summed E-state index contributed by atoms with van der Waals surface area (Å²) in [5, 5.41) is 17.6. The maximum atomic E-state index is 12.8. The molecule has 1 atom stereocenters. The molecule has 5 nitrogen and oxygen atoms in total. The second-order valence-corrected chi connectivity index (χ2v) is 8.16. The van der Waals surface area contributed by atoms with E-state index < -0.39 is 53.8 Å². The molecule has 0 aliphatic carbocycles. The van der Waals surface area contributed by atoms with E-state index in [9.17, 15) is 80.6 Å². The fourth-order valence-corrected chi connectivity index (χ4v) is 2.82. The molecule has 0 saturated carbocycles. The number of benzene rings is 2. The van der Waals surface area contributed by atoms with Crippen LogP contribution in [0.1, 0.15) is 22.0 Å². The van der Waals surface area contributed by atoms with Crippen LogP contribution in [0.5, 0.6) is 5.75 Å². The number of halogens is 15. The smallest absolute Gasteiger partial charge is 0.460 e. The molecule has 2 N–H and O–H groups in total. The number of hydrogen-bond acceptors (Lipinski definition) is 4. The van der Waals surface area contributed by atoms with Gasteiger partial charge in [0.1, 0.15) is 11.9 Å². The van der Waals surface area contributed by atoms with Crippen molar-refractivity contribution in [1.29, 1.82) is 0 Å². The van der Waals surface area contributed by atoms with Crippen molar-refractivity contribution >= 4 is 11.8 Å². The Morgan fingerprint density at radius 2 is 1.09 bits per heavy atom. The first-order valence-electron chi connectivity index (χ1n) is 10.6. The van der Waals surface area contributed by atoms with E-state index in [1.165, 1.54) is 0 Å². The van der Waals surface area contributed by atoms with Crippen LogP contribution < -0.4 is 4.74 Å². The van der Waals surface area contributed by atoms with Crippen LogP contribution >= 0.6 is 0 Å². The Hall–Kier alpha value is -3.71. The number of carboxylic acid groups (broad SMARTS) is 1. The minimum atomic E-state index is -8.47. The monoisotopic (exact) mass is 656 g/mol. The van der Waals surface area contributed by atoms with Crippen LogP contribution in [0, 0.1) is 0 Å². The highest BCUT2D eigenvalue weighted by Crippen LogP contribution is 2.62. The van der Waals surface area contributed by atoms with Crippen molar-refractivity contribution in [2.24, 2.45) is 0 Å². The van der Waals surface area contributed by atoms with Gasteiger partial charge in [0, 0.05) is 5.56 Å². The standard InChI is InChI=1S/C15H14O3.C8HF15O2/c1-18-13-9-5-8-12(10-13)15(17)14(16)11-6-3-2-4-7-11;9-2(10,1(24)25)3(11,12)4(13,14)5(15,16)6(17,18)7(19,20)8(21,22)23/h2-10,15,17H,1H3;(H,24,25). The average Bonchev–Trinajstić information content (AvgIpc) is 2.91. The molecule has 0 aliphatic rings. The zero-order chi connectivity index (χ0) is 34.0. The summed E-state index contributed by atoms with van der Waals surface area (Å²) in [4.78, 5) is 21.8. The van der Waals surface area contributed by atoms with Crippen LogP contribution in [0.15, 0.2) is 54.6 Å². The second kappa shape index (κ2) is 12.1. The molecule has 0 aromatic heterocycles. The topological polar surface area (TPSA) is 83.8 Å². The molecule has 0 saturated heterocycles. The van der Waals surface area contributed by atoms with Gasteiger partial charge in [0.2, 0.25) is 0 Å². The van der Waals surface area contributed by atoms with Crippen molar-refractivity contribution in [2.45, 2.75) is 47.8 Å². The quantitative estimate of drug-likeness (QED) is 0.212. The van der Waals surface area contributed by atoms with Crippen LogP contribution in [0.3, 0.4) is 0 Å². The fourth-order valence-electron chi connectivity index (χ4n) is 2.82. The summed E-state index contributed by atoms with van der Waals surface area (Å²) in [6, 6.07) is 15.6. The Morgan fingerprint density at radius 1 is 0.651 bits per heavy atom. The van der Waals surface area contributed by atoms with E-state index in [-0.39, 0.29) is 5.78 Å². The Kier molecular flexibility index (Phi) is 10.5. The lowest BCUT2D eigenvalue weighted by atomic mass is 9.91. The van der Waals surface area contributed by atoms with E-state index in [4.69, 9.17) is 9.84 Å². The molecule has 43 heavy (non-hydrogen) atoms. The summed E-state index contributed by atoms with van der Waals surface area (Å²) in [5.41, 5.74) is 1.02. The highest BCUT2D eigenvalue weighted by Gasteiger charge is 2.94. The summed E-state index contributed by atoms with van der Waals surface area (Å²) in [6.07, 6.45) is -8.86. The minimum absolute atomic E-state index is 0.316. The van der Waals surface area contributed by atoms with Gasteiger partial charge in [-0.3, -0.25) is 4.79 Å². The average molecular weight is 656 g/mol. The lowest BCUT2D eigenvalue weighted by Crippen LogP contribution is -2.73. The summed E-state index contributed by atoms with van der Waals surface area (Å²) >= 11 is 0.